The van der Waals surface area contributed by atoms with E-state index < -0.39 is 0 Å². The largest absolute Gasteiger partial charge is 0.494 e. The van der Waals surface area contributed by atoms with E-state index in [-0.39, 0.29) is 6.04 Å². The summed E-state index contributed by atoms with van der Waals surface area (Å²) >= 11 is 0. The Bertz CT molecular complexity index is 1010. The summed E-state index contributed by atoms with van der Waals surface area (Å²) in [5.74, 6) is 1.83. The molecule has 0 spiro atoms. The van der Waals surface area contributed by atoms with Crippen LogP contribution in [0, 0.1) is 0 Å². The van der Waals surface area contributed by atoms with Crippen molar-refractivity contribution >= 4 is 0 Å². The molecule has 5 rings (SSSR count). The average molecular weight is 461 g/mol. The van der Waals surface area contributed by atoms with Gasteiger partial charge in [0.25, 0.3) is 0 Å². The van der Waals surface area contributed by atoms with Crippen LogP contribution in [-0.2, 0) is 13.0 Å². The first-order valence-corrected chi connectivity index (χ1v) is 12.8. The second-order valence-corrected chi connectivity index (χ2v) is 9.41. The molecule has 1 aliphatic heterocycles. The summed E-state index contributed by atoms with van der Waals surface area (Å²) in [7, 11) is 0. The van der Waals surface area contributed by atoms with Gasteiger partial charge in [0.05, 0.1) is 12.6 Å². The normalized spacial score (nSPS) is 18.9. The first kappa shape index (κ1) is 23.0. The van der Waals surface area contributed by atoms with E-state index in [1.54, 1.807) is 0 Å². The van der Waals surface area contributed by atoms with Gasteiger partial charge in [-0.2, -0.15) is 0 Å². The maximum atomic E-state index is 5.69. The van der Waals surface area contributed by atoms with Gasteiger partial charge in [0.15, 0.2) is 5.82 Å². The molecule has 1 atom stereocenters. The summed E-state index contributed by atoms with van der Waals surface area (Å²) in [6.45, 7) is 7.74. The highest BCUT2D eigenvalue weighted by Gasteiger charge is 2.33. The van der Waals surface area contributed by atoms with Crippen LogP contribution in [0.5, 0.6) is 5.75 Å². The highest BCUT2D eigenvalue weighted by atomic mass is 16.5. The summed E-state index contributed by atoms with van der Waals surface area (Å²) < 4.78 is 7.69. The minimum atomic E-state index is 0.0344. The second kappa shape index (κ2) is 11.1. The molecule has 3 aromatic rings. The van der Waals surface area contributed by atoms with Crippen molar-refractivity contribution in [2.75, 3.05) is 32.8 Å². The minimum absolute atomic E-state index is 0.0344. The Morgan fingerprint density at radius 1 is 0.941 bits per heavy atom. The number of benzene rings is 2. The third-order valence-corrected chi connectivity index (χ3v) is 7.32. The molecule has 180 valence electrons. The van der Waals surface area contributed by atoms with Gasteiger partial charge in [-0.25, -0.2) is 4.68 Å². The number of piperazine rings is 1. The molecule has 2 heterocycles. The highest BCUT2D eigenvalue weighted by Crippen LogP contribution is 2.31. The van der Waals surface area contributed by atoms with Crippen molar-refractivity contribution in [3.63, 3.8) is 0 Å². The molecule has 1 unspecified atom stereocenters. The van der Waals surface area contributed by atoms with Crippen molar-refractivity contribution in [2.24, 2.45) is 0 Å². The third kappa shape index (κ3) is 5.31. The van der Waals surface area contributed by atoms with Gasteiger partial charge in [-0.05, 0) is 59.9 Å². The standard InChI is InChI=1S/C27H36N6O/c1-2-34-25-14-12-23(13-15-25)26(32-20-18-31(19-21-32)24-10-6-7-11-24)27-28-29-30-33(27)17-16-22-8-4-3-5-9-22/h3-5,8-9,12-15,24,26H,2,6-7,10-11,16-21H2,1H3. The zero-order chi connectivity index (χ0) is 23.2. The van der Waals surface area contributed by atoms with E-state index in [0.29, 0.717) is 6.61 Å². The van der Waals surface area contributed by atoms with Crippen molar-refractivity contribution in [1.29, 1.82) is 0 Å². The minimum Gasteiger partial charge on any atom is -0.494 e. The van der Waals surface area contributed by atoms with E-state index in [4.69, 9.17) is 4.74 Å². The third-order valence-electron chi connectivity index (χ3n) is 7.32. The van der Waals surface area contributed by atoms with Crippen LogP contribution in [0.25, 0.3) is 0 Å². The molecular formula is C27H36N6O. The molecule has 0 amide bonds. The van der Waals surface area contributed by atoms with Crippen LogP contribution in [0.4, 0.5) is 0 Å². The molecule has 0 radical (unpaired) electrons. The highest BCUT2D eigenvalue weighted by molar-refractivity contribution is 5.32. The predicted octanol–water partition coefficient (Wildman–Crippen LogP) is 3.96. The Morgan fingerprint density at radius 2 is 1.68 bits per heavy atom. The SMILES string of the molecule is CCOc1ccc(C(c2nnnn2CCc2ccccc2)N2CCN(C3CCCC3)CC2)cc1. The lowest BCUT2D eigenvalue weighted by atomic mass is 10.0. The van der Waals surface area contributed by atoms with Gasteiger partial charge in [0, 0.05) is 38.8 Å². The number of tetrazole rings is 1. The molecule has 7 heteroatoms. The molecule has 1 saturated heterocycles. The molecule has 1 aliphatic carbocycles. The fourth-order valence-electron chi connectivity index (χ4n) is 5.51. The van der Waals surface area contributed by atoms with E-state index in [1.807, 2.05) is 11.6 Å². The molecule has 0 N–H and O–H groups in total. The van der Waals surface area contributed by atoms with Crippen LogP contribution in [0.3, 0.4) is 0 Å². The van der Waals surface area contributed by atoms with Crippen molar-refractivity contribution in [1.82, 2.24) is 30.0 Å². The number of nitrogens with zero attached hydrogens (tertiary/aromatic N) is 6. The summed E-state index contributed by atoms with van der Waals surface area (Å²) in [5, 5.41) is 13.0. The summed E-state index contributed by atoms with van der Waals surface area (Å²) in [5.41, 5.74) is 2.51. The van der Waals surface area contributed by atoms with Crippen molar-refractivity contribution < 1.29 is 4.74 Å². The van der Waals surface area contributed by atoms with Crippen LogP contribution in [0.1, 0.15) is 55.6 Å². The van der Waals surface area contributed by atoms with Gasteiger partial charge in [0.2, 0.25) is 0 Å². The van der Waals surface area contributed by atoms with E-state index in [1.165, 1.54) is 36.8 Å². The van der Waals surface area contributed by atoms with Crippen molar-refractivity contribution in [3.8, 4) is 5.75 Å². The van der Waals surface area contributed by atoms with Gasteiger partial charge in [-0.1, -0.05) is 55.3 Å². The molecule has 0 bridgehead atoms. The number of aromatic nitrogens is 4. The lowest BCUT2D eigenvalue weighted by Gasteiger charge is -2.41. The number of rotatable bonds is 9. The fraction of sp³-hybridized carbons (Fsp3) is 0.519. The molecule has 2 aromatic carbocycles. The Morgan fingerprint density at radius 3 is 2.38 bits per heavy atom. The Labute approximate surface area is 202 Å². The molecule has 1 saturated carbocycles. The quantitative estimate of drug-likeness (QED) is 0.482. The predicted molar refractivity (Wildman–Crippen MR) is 133 cm³/mol. The Kier molecular flexibility index (Phi) is 7.51. The molecule has 1 aromatic heterocycles. The smallest absolute Gasteiger partial charge is 0.173 e. The molecule has 7 nitrogen and oxygen atoms in total. The van der Waals surface area contributed by atoms with Gasteiger partial charge in [0.1, 0.15) is 5.75 Å². The van der Waals surface area contributed by atoms with Gasteiger partial charge < -0.3 is 4.74 Å². The van der Waals surface area contributed by atoms with E-state index in [9.17, 15) is 0 Å². The zero-order valence-electron chi connectivity index (χ0n) is 20.2. The summed E-state index contributed by atoms with van der Waals surface area (Å²) in [4.78, 5) is 5.27. The number of hydrogen-bond acceptors (Lipinski definition) is 6. The maximum Gasteiger partial charge on any atom is 0.173 e. The van der Waals surface area contributed by atoms with Gasteiger partial charge in [-0.15, -0.1) is 5.10 Å². The van der Waals surface area contributed by atoms with Crippen molar-refractivity contribution in [3.05, 3.63) is 71.5 Å². The summed E-state index contributed by atoms with van der Waals surface area (Å²) in [6, 6.07) is 19.9. The van der Waals surface area contributed by atoms with Crippen LogP contribution >= 0.6 is 0 Å². The topological polar surface area (TPSA) is 59.3 Å². The Balaban J connectivity index is 1.37. The first-order valence-electron chi connectivity index (χ1n) is 12.8. The van der Waals surface area contributed by atoms with E-state index in [2.05, 4.69) is 79.9 Å². The second-order valence-electron chi connectivity index (χ2n) is 9.41. The van der Waals surface area contributed by atoms with Crippen LogP contribution in [0.2, 0.25) is 0 Å². The Hall–Kier alpha value is -2.77. The summed E-state index contributed by atoms with van der Waals surface area (Å²) in [6.07, 6.45) is 6.40. The fourth-order valence-corrected chi connectivity index (χ4v) is 5.51. The lowest BCUT2D eigenvalue weighted by molar-refractivity contribution is 0.0770. The maximum absolute atomic E-state index is 5.69. The number of aryl methyl sites for hydroxylation is 2. The van der Waals surface area contributed by atoms with Crippen LogP contribution in [0.15, 0.2) is 54.6 Å². The number of ether oxygens (including phenoxy) is 1. The lowest BCUT2D eigenvalue weighted by Crippen LogP contribution is -2.51. The zero-order valence-corrected chi connectivity index (χ0v) is 20.2. The van der Waals surface area contributed by atoms with E-state index >= 15 is 0 Å². The average Bonchev–Trinajstić information content (AvgIpc) is 3.58. The van der Waals surface area contributed by atoms with Gasteiger partial charge in [-0.3, -0.25) is 9.80 Å². The van der Waals surface area contributed by atoms with Gasteiger partial charge >= 0.3 is 0 Å². The molecular weight excluding hydrogens is 424 g/mol. The monoisotopic (exact) mass is 460 g/mol. The van der Waals surface area contributed by atoms with E-state index in [0.717, 1.165) is 56.8 Å². The number of hydrogen-bond donors (Lipinski definition) is 0. The van der Waals surface area contributed by atoms with Crippen LogP contribution < -0.4 is 4.74 Å². The molecule has 2 fully saturated rings. The first-order chi connectivity index (χ1) is 16.8. The van der Waals surface area contributed by atoms with Crippen LogP contribution in [-0.4, -0.2) is 68.8 Å². The molecule has 2 aliphatic rings. The van der Waals surface area contributed by atoms with Crippen molar-refractivity contribution in [2.45, 2.75) is 57.7 Å². The molecule has 34 heavy (non-hydrogen) atoms.